The van der Waals surface area contributed by atoms with Crippen LogP contribution in [0, 0.1) is 11.8 Å². The predicted octanol–water partition coefficient (Wildman–Crippen LogP) is 15.9. The van der Waals surface area contributed by atoms with E-state index in [1.807, 2.05) is 12.3 Å². The molecule has 0 saturated carbocycles. The first-order valence-electron chi connectivity index (χ1n) is 24.0. The molecule has 0 atom stereocenters. The average Bonchev–Trinajstić information content (AvgIpc) is 3.87. The average molecular weight is 877 g/mol. The molecule has 5 nitrogen and oxygen atoms in total. The molecule has 0 unspecified atom stereocenters. The third-order valence-electron chi connectivity index (χ3n) is 13.1. The molecule has 1 aliphatic rings. The van der Waals surface area contributed by atoms with Crippen LogP contribution in [0.5, 0.6) is 11.5 Å². The van der Waals surface area contributed by atoms with Crippen LogP contribution in [0.15, 0.2) is 176 Å². The maximum Gasteiger partial charge on any atom is 0.496 e. The number of nitrogens with zero attached hydrogens (tertiary/aromatic N) is 4. The van der Waals surface area contributed by atoms with Gasteiger partial charge in [-0.25, -0.2) is 4.98 Å². The van der Waals surface area contributed by atoms with Crippen molar-refractivity contribution in [3.63, 3.8) is 0 Å². The van der Waals surface area contributed by atoms with Crippen molar-refractivity contribution in [2.45, 2.75) is 73.1 Å². The lowest BCUT2D eigenvalue weighted by atomic mass is 9.88. The van der Waals surface area contributed by atoms with Gasteiger partial charge in [-0.2, -0.15) is 0 Å². The highest BCUT2D eigenvalue weighted by molar-refractivity contribution is 6.11. The van der Waals surface area contributed by atoms with E-state index in [1.54, 1.807) is 0 Å². The number of hydrogen-bond acceptors (Lipinski definition) is 2. The number of rotatable bonds is 13. The number of aromatic nitrogens is 2. The molecule has 10 rings (SSSR count). The monoisotopic (exact) mass is 876 g/mol. The van der Waals surface area contributed by atoms with Crippen LogP contribution in [-0.4, -0.2) is 26.7 Å². The van der Waals surface area contributed by atoms with Gasteiger partial charge in [0.05, 0.1) is 17.1 Å². The minimum absolute atomic E-state index is 0.0234. The molecule has 7 aromatic carbocycles. The van der Waals surface area contributed by atoms with Gasteiger partial charge in [0.25, 0.3) is 11.4 Å². The van der Waals surface area contributed by atoms with Crippen molar-refractivity contribution >= 4 is 44.9 Å². The first kappa shape index (κ1) is 43.6. The van der Waals surface area contributed by atoms with E-state index in [9.17, 15) is 0 Å². The highest BCUT2D eigenvalue weighted by Gasteiger charge is 2.35. The van der Waals surface area contributed by atoms with Crippen molar-refractivity contribution in [1.29, 1.82) is 0 Å². The summed E-state index contributed by atoms with van der Waals surface area (Å²) < 4.78 is 13.6. The Morgan fingerprint density at radius 3 is 1.94 bits per heavy atom. The minimum atomic E-state index is -0.0234. The second-order valence-electron chi connectivity index (χ2n) is 19.9. The number of pyridine rings is 1. The van der Waals surface area contributed by atoms with Gasteiger partial charge < -0.3 is 4.74 Å². The molecule has 0 aliphatic carbocycles. The summed E-state index contributed by atoms with van der Waals surface area (Å²) in [5.74, 6) is 3.52. The summed E-state index contributed by atoms with van der Waals surface area (Å²) in [5.41, 5.74) is 15.9. The molecular formula is C62H60N4O+2. The lowest BCUT2D eigenvalue weighted by Gasteiger charge is -2.20. The lowest BCUT2D eigenvalue weighted by molar-refractivity contribution is -0.429. The smallest absolute Gasteiger partial charge is 0.457 e. The van der Waals surface area contributed by atoms with Crippen molar-refractivity contribution in [3.05, 3.63) is 198 Å². The summed E-state index contributed by atoms with van der Waals surface area (Å²) in [6, 6.07) is 64.6. The molecule has 0 amide bonds. The van der Waals surface area contributed by atoms with Gasteiger partial charge in [-0.15, -0.1) is 0 Å². The van der Waals surface area contributed by atoms with Gasteiger partial charge in [-0.3, -0.25) is 4.57 Å². The molecule has 332 valence electrons. The quantitative estimate of drug-likeness (QED) is 0.108. The summed E-state index contributed by atoms with van der Waals surface area (Å²) in [7, 11) is 0. The van der Waals surface area contributed by atoms with Crippen LogP contribution in [0.1, 0.15) is 70.7 Å². The van der Waals surface area contributed by atoms with Crippen LogP contribution < -0.4 is 9.31 Å². The third kappa shape index (κ3) is 8.76. The van der Waals surface area contributed by atoms with Crippen LogP contribution in [0.2, 0.25) is 0 Å². The summed E-state index contributed by atoms with van der Waals surface area (Å²) in [6.45, 7) is 16.8. The third-order valence-corrected chi connectivity index (χ3v) is 13.1. The Balaban J connectivity index is 1.04. The summed E-state index contributed by atoms with van der Waals surface area (Å²) in [5, 5.41) is 2.54. The normalized spacial score (nSPS) is 12.6. The van der Waals surface area contributed by atoms with Gasteiger partial charge >= 0.3 is 6.01 Å². The van der Waals surface area contributed by atoms with E-state index in [1.165, 1.54) is 60.8 Å². The summed E-state index contributed by atoms with van der Waals surface area (Å²) >= 11 is 0. The van der Waals surface area contributed by atoms with E-state index >= 15 is 0 Å². The van der Waals surface area contributed by atoms with Gasteiger partial charge in [0.15, 0.2) is 6.54 Å². The SMILES string of the molecule is CC(C)Cc1ccc2c(c1CC(C)C)c1ccc(Oc3cccc([N+]4=C=[N+](CCc5c(-c6ccccc6)cccc5-c5ccccc5)c5ccccc54)c3)cc1n2-c1cc(C(C)(C)C)ccn1. The van der Waals surface area contributed by atoms with Gasteiger partial charge in [-0.05, 0) is 116 Å². The molecular weight excluding hydrogens is 817 g/mol. The van der Waals surface area contributed by atoms with E-state index in [0.717, 1.165) is 65.7 Å². The van der Waals surface area contributed by atoms with E-state index in [4.69, 9.17) is 9.72 Å². The van der Waals surface area contributed by atoms with Crippen molar-refractivity contribution in [2.24, 2.45) is 11.8 Å². The largest absolute Gasteiger partial charge is 0.496 e. The lowest BCUT2D eigenvalue weighted by Crippen LogP contribution is -2.12. The second-order valence-corrected chi connectivity index (χ2v) is 19.9. The standard InChI is InChI=1S/C62H60N4O/c1-42(2)36-46-28-31-58-61(55(46)37-43(3)4)54-30-29-50(40-59(54)66(58)60-38-47(32-34-63-60)62(5,6)7)67-49-23-16-22-48(39-49)65-41-64(56-26-14-15-27-57(56)65)35-33-53-51(44-18-10-8-11-19-44)24-17-25-52(53)45-20-12-9-13-21-45/h8-32,34,38-40,42-43H,33,35-37H2,1-7H3/q+2. The summed E-state index contributed by atoms with van der Waals surface area (Å²) in [6.07, 6.45) is 4.85. The van der Waals surface area contributed by atoms with Crippen LogP contribution in [0.4, 0.5) is 17.1 Å². The van der Waals surface area contributed by atoms with E-state index in [-0.39, 0.29) is 5.41 Å². The highest BCUT2D eigenvalue weighted by atomic mass is 16.5. The maximum atomic E-state index is 6.85. The molecule has 5 heteroatoms. The first-order chi connectivity index (χ1) is 32.5. The Bertz CT molecular complexity index is 3290. The molecule has 0 N–H and O–H groups in total. The van der Waals surface area contributed by atoms with Gasteiger partial charge in [-0.1, -0.05) is 156 Å². The van der Waals surface area contributed by atoms with Crippen molar-refractivity contribution in [2.75, 3.05) is 6.54 Å². The van der Waals surface area contributed by atoms with Crippen molar-refractivity contribution in [1.82, 2.24) is 14.1 Å². The Labute approximate surface area is 396 Å². The topological polar surface area (TPSA) is 33.1 Å². The molecule has 0 fully saturated rings. The maximum absolute atomic E-state index is 6.85. The molecule has 0 saturated heterocycles. The second kappa shape index (κ2) is 18.2. The number of ether oxygens (including phenoxy) is 1. The Kier molecular flexibility index (Phi) is 11.8. The van der Waals surface area contributed by atoms with Crippen LogP contribution in [-0.2, 0) is 24.7 Å². The van der Waals surface area contributed by atoms with E-state index < -0.39 is 0 Å². The molecule has 2 aromatic heterocycles. The fraction of sp³-hybridized carbons (Fsp3) is 0.226. The molecule has 0 radical (unpaired) electrons. The molecule has 9 aromatic rings. The van der Waals surface area contributed by atoms with E-state index in [2.05, 4.69) is 232 Å². The van der Waals surface area contributed by atoms with Gasteiger partial charge in [0.1, 0.15) is 17.3 Å². The molecule has 0 spiro atoms. The fourth-order valence-corrected chi connectivity index (χ4v) is 9.95. The number of para-hydroxylation sites is 2. The number of fused-ring (bicyclic) bond motifs is 4. The fourth-order valence-electron chi connectivity index (χ4n) is 9.95. The molecule has 3 heterocycles. The summed E-state index contributed by atoms with van der Waals surface area (Å²) in [4.78, 5) is 5.02. The Morgan fingerprint density at radius 2 is 1.25 bits per heavy atom. The van der Waals surface area contributed by atoms with Crippen molar-refractivity contribution in [3.8, 4) is 39.6 Å². The van der Waals surface area contributed by atoms with Crippen molar-refractivity contribution < 1.29 is 9.31 Å². The van der Waals surface area contributed by atoms with Gasteiger partial charge in [0.2, 0.25) is 5.69 Å². The number of benzene rings is 7. The van der Waals surface area contributed by atoms with E-state index in [0.29, 0.717) is 11.8 Å². The molecule has 1 aliphatic heterocycles. The Morgan fingerprint density at radius 1 is 0.597 bits per heavy atom. The first-order valence-corrected chi connectivity index (χ1v) is 24.0. The van der Waals surface area contributed by atoms with Crippen LogP contribution in [0.25, 0.3) is 49.9 Å². The van der Waals surface area contributed by atoms with Crippen LogP contribution in [0.3, 0.4) is 0 Å². The Hall–Kier alpha value is -7.33. The predicted molar refractivity (Wildman–Crippen MR) is 280 cm³/mol. The molecule has 0 bridgehead atoms. The minimum Gasteiger partial charge on any atom is -0.457 e. The van der Waals surface area contributed by atoms with Crippen LogP contribution >= 0.6 is 0 Å². The zero-order valence-corrected chi connectivity index (χ0v) is 39.9. The molecule has 67 heavy (non-hydrogen) atoms. The highest BCUT2D eigenvalue weighted by Crippen LogP contribution is 2.41. The zero-order valence-electron chi connectivity index (χ0n) is 39.9. The zero-order chi connectivity index (χ0) is 46.2. The number of hydrogen-bond donors (Lipinski definition) is 0. The van der Waals surface area contributed by atoms with Gasteiger partial charge in [0, 0.05) is 47.7 Å².